The van der Waals surface area contributed by atoms with Crippen molar-refractivity contribution in [2.75, 3.05) is 25.6 Å². The zero-order valence-electron chi connectivity index (χ0n) is 14.6. The molecule has 138 valence electrons. The Labute approximate surface area is 151 Å². The second kappa shape index (κ2) is 8.53. The monoisotopic (exact) mass is 358 g/mol. The lowest BCUT2D eigenvalue weighted by atomic mass is 10.2. The van der Waals surface area contributed by atoms with Crippen LogP contribution in [0.2, 0.25) is 0 Å². The van der Waals surface area contributed by atoms with Gasteiger partial charge in [-0.1, -0.05) is 12.1 Å². The van der Waals surface area contributed by atoms with Gasteiger partial charge in [-0.25, -0.2) is 0 Å². The molecule has 1 aliphatic heterocycles. The van der Waals surface area contributed by atoms with E-state index in [2.05, 4.69) is 5.32 Å². The van der Waals surface area contributed by atoms with Gasteiger partial charge in [0.15, 0.2) is 0 Å². The molecule has 1 aromatic heterocycles. The third-order valence-electron chi connectivity index (χ3n) is 4.16. The maximum atomic E-state index is 12.7. The summed E-state index contributed by atoms with van der Waals surface area (Å²) in [6.45, 7) is 0.681. The van der Waals surface area contributed by atoms with E-state index in [9.17, 15) is 9.59 Å². The Hall–Kier alpha value is -2.80. The Balaban J connectivity index is 1.69. The van der Waals surface area contributed by atoms with Gasteiger partial charge in [-0.3, -0.25) is 9.59 Å². The summed E-state index contributed by atoms with van der Waals surface area (Å²) in [7, 11) is 1.54. The van der Waals surface area contributed by atoms with E-state index in [-0.39, 0.29) is 24.9 Å². The second-order valence-electron chi connectivity index (χ2n) is 6.02. The van der Waals surface area contributed by atoms with Crippen molar-refractivity contribution in [1.82, 2.24) is 4.90 Å². The highest BCUT2D eigenvalue weighted by Crippen LogP contribution is 2.23. The first-order valence-electron chi connectivity index (χ1n) is 8.53. The minimum atomic E-state index is -0.496. The number of furan rings is 1. The summed E-state index contributed by atoms with van der Waals surface area (Å²) in [4.78, 5) is 26.7. The van der Waals surface area contributed by atoms with Crippen molar-refractivity contribution < 1.29 is 23.5 Å². The van der Waals surface area contributed by atoms with Crippen LogP contribution in [0, 0.1) is 0 Å². The quantitative estimate of drug-likeness (QED) is 0.822. The van der Waals surface area contributed by atoms with Gasteiger partial charge in [-0.15, -0.1) is 0 Å². The fourth-order valence-corrected chi connectivity index (χ4v) is 2.89. The molecule has 0 aliphatic carbocycles. The topological polar surface area (TPSA) is 81.0 Å². The molecular formula is C19H22N2O5. The molecule has 2 heterocycles. The number of anilines is 1. The SMILES string of the molecule is COc1ccccc1NC(=O)CN(Cc1ccco1)C(=O)[C@H]1CCCO1. The van der Waals surface area contributed by atoms with Crippen LogP contribution in [0.25, 0.3) is 0 Å². The number of rotatable bonds is 7. The minimum Gasteiger partial charge on any atom is -0.495 e. The van der Waals surface area contributed by atoms with Crippen LogP contribution in [0.4, 0.5) is 5.69 Å². The van der Waals surface area contributed by atoms with Crippen LogP contribution in [0.3, 0.4) is 0 Å². The molecule has 2 aromatic rings. The van der Waals surface area contributed by atoms with Crippen LogP contribution in [-0.2, 0) is 20.9 Å². The van der Waals surface area contributed by atoms with Crippen LogP contribution in [-0.4, -0.2) is 43.1 Å². The van der Waals surface area contributed by atoms with Crippen LogP contribution < -0.4 is 10.1 Å². The van der Waals surface area contributed by atoms with Crippen LogP contribution in [0.15, 0.2) is 47.1 Å². The number of amides is 2. The number of methoxy groups -OCH3 is 1. The normalized spacial score (nSPS) is 16.3. The number of carbonyl (C=O) groups is 2. The number of ether oxygens (including phenoxy) is 2. The molecule has 0 unspecified atom stereocenters. The van der Waals surface area contributed by atoms with Crippen molar-refractivity contribution in [2.45, 2.75) is 25.5 Å². The van der Waals surface area contributed by atoms with Gasteiger partial charge in [0, 0.05) is 6.61 Å². The van der Waals surface area contributed by atoms with Gasteiger partial charge >= 0.3 is 0 Å². The summed E-state index contributed by atoms with van der Waals surface area (Å²) >= 11 is 0. The minimum absolute atomic E-state index is 0.0998. The van der Waals surface area contributed by atoms with Crippen molar-refractivity contribution >= 4 is 17.5 Å². The van der Waals surface area contributed by atoms with Crippen LogP contribution in [0.1, 0.15) is 18.6 Å². The number of hydrogen-bond acceptors (Lipinski definition) is 5. The lowest BCUT2D eigenvalue weighted by Crippen LogP contribution is -2.42. The number of benzene rings is 1. The third kappa shape index (κ3) is 4.43. The molecule has 0 radical (unpaired) electrons. The van der Waals surface area contributed by atoms with Gasteiger partial charge < -0.3 is 24.1 Å². The van der Waals surface area contributed by atoms with E-state index in [1.807, 2.05) is 6.07 Å². The van der Waals surface area contributed by atoms with Gasteiger partial charge in [0.1, 0.15) is 24.2 Å². The maximum absolute atomic E-state index is 12.7. The molecule has 1 aliphatic rings. The van der Waals surface area contributed by atoms with Crippen LogP contribution >= 0.6 is 0 Å². The highest BCUT2D eigenvalue weighted by molar-refractivity contribution is 5.96. The van der Waals surface area contributed by atoms with Crippen LogP contribution in [0.5, 0.6) is 5.75 Å². The molecule has 1 fully saturated rings. The van der Waals surface area contributed by atoms with Gasteiger partial charge in [0.25, 0.3) is 5.91 Å². The fourth-order valence-electron chi connectivity index (χ4n) is 2.89. The molecule has 3 rings (SSSR count). The average Bonchev–Trinajstić information content (AvgIpc) is 3.35. The van der Waals surface area contributed by atoms with E-state index < -0.39 is 6.10 Å². The van der Waals surface area contributed by atoms with Gasteiger partial charge in [0.05, 0.1) is 25.6 Å². The molecule has 0 saturated carbocycles. The summed E-state index contributed by atoms with van der Waals surface area (Å²) < 4.78 is 16.0. The van der Waals surface area contributed by atoms with Crippen molar-refractivity contribution in [3.63, 3.8) is 0 Å². The summed E-state index contributed by atoms with van der Waals surface area (Å²) in [6.07, 6.45) is 2.56. The average molecular weight is 358 g/mol. The maximum Gasteiger partial charge on any atom is 0.252 e. The summed E-state index contributed by atoms with van der Waals surface area (Å²) in [5.74, 6) is 0.659. The summed E-state index contributed by atoms with van der Waals surface area (Å²) in [5.41, 5.74) is 0.558. The standard InChI is InChI=1S/C19H22N2O5/c1-24-16-8-3-2-7-15(16)20-18(22)13-21(12-14-6-4-10-25-14)19(23)17-9-5-11-26-17/h2-4,6-8,10,17H,5,9,11-13H2,1H3,(H,20,22)/t17-/m1/s1. The second-order valence-corrected chi connectivity index (χ2v) is 6.02. The Bertz CT molecular complexity index is 738. The lowest BCUT2D eigenvalue weighted by Gasteiger charge is -2.24. The molecule has 2 amide bonds. The van der Waals surface area contributed by atoms with Gasteiger partial charge in [-0.05, 0) is 37.1 Å². The Morgan fingerprint density at radius 3 is 2.81 bits per heavy atom. The fraction of sp³-hybridized carbons (Fsp3) is 0.368. The summed E-state index contributed by atoms with van der Waals surface area (Å²) in [5, 5.41) is 2.79. The number of carbonyl (C=O) groups excluding carboxylic acids is 2. The van der Waals surface area contributed by atoms with Crippen molar-refractivity contribution in [2.24, 2.45) is 0 Å². The van der Waals surface area contributed by atoms with E-state index in [0.717, 1.165) is 6.42 Å². The molecule has 0 bridgehead atoms. The molecule has 1 atom stereocenters. The number of nitrogens with zero attached hydrogens (tertiary/aromatic N) is 1. The smallest absolute Gasteiger partial charge is 0.252 e. The Morgan fingerprint density at radius 2 is 2.12 bits per heavy atom. The summed E-state index contributed by atoms with van der Waals surface area (Å²) in [6, 6.07) is 10.6. The molecular weight excluding hydrogens is 336 g/mol. The van der Waals surface area contributed by atoms with Gasteiger partial charge in [-0.2, -0.15) is 0 Å². The molecule has 1 saturated heterocycles. The van der Waals surface area contributed by atoms with E-state index in [1.165, 1.54) is 12.0 Å². The largest absolute Gasteiger partial charge is 0.495 e. The molecule has 1 aromatic carbocycles. The van der Waals surface area contributed by atoms with Crippen molar-refractivity contribution in [3.8, 4) is 5.75 Å². The zero-order valence-corrected chi connectivity index (χ0v) is 14.6. The molecule has 26 heavy (non-hydrogen) atoms. The highest BCUT2D eigenvalue weighted by Gasteiger charge is 2.30. The Kier molecular flexibility index (Phi) is 5.91. The third-order valence-corrected chi connectivity index (χ3v) is 4.16. The predicted octanol–water partition coefficient (Wildman–Crippen LogP) is 2.43. The van der Waals surface area contributed by atoms with E-state index >= 15 is 0 Å². The lowest BCUT2D eigenvalue weighted by molar-refractivity contribution is -0.144. The first-order valence-corrected chi connectivity index (χ1v) is 8.53. The zero-order chi connectivity index (χ0) is 18.4. The Morgan fingerprint density at radius 1 is 1.27 bits per heavy atom. The number of para-hydroxylation sites is 2. The van der Waals surface area contributed by atoms with Crippen molar-refractivity contribution in [1.29, 1.82) is 0 Å². The van der Waals surface area contributed by atoms with E-state index in [4.69, 9.17) is 13.9 Å². The van der Waals surface area contributed by atoms with E-state index in [1.54, 1.807) is 36.6 Å². The molecule has 7 heteroatoms. The van der Waals surface area contributed by atoms with E-state index in [0.29, 0.717) is 30.2 Å². The number of hydrogen-bond donors (Lipinski definition) is 1. The molecule has 1 N–H and O–H groups in total. The molecule has 7 nitrogen and oxygen atoms in total. The first kappa shape index (κ1) is 18.0. The first-order chi connectivity index (χ1) is 12.7. The van der Waals surface area contributed by atoms with Gasteiger partial charge in [0.2, 0.25) is 5.91 Å². The predicted molar refractivity (Wildman–Crippen MR) is 94.7 cm³/mol. The van der Waals surface area contributed by atoms with Crippen molar-refractivity contribution in [3.05, 3.63) is 48.4 Å². The number of nitrogens with one attached hydrogen (secondary N) is 1. The highest BCUT2D eigenvalue weighted by atomic mass is 16.5. The molecule has 0 spiro atoms.